The molecule has 16 rings (SSSR count). The van der Waals surface area contributed by atoms with Gasteiger partial charge in [0, 0.05) is 12.4 Å². The average molecular weight is 1310 g/mol. The minimum Gasteiger partial charge on any atom is -0.265 e. The molecule has 100 heavy (non-hydrogen) atoms. The highest BCUT2D eigenvalue weighted by Crippen LogP contribution is 2.26. The number of fused-ring (bicyclic) bond motifs is 3. The summed E-state index contributed by atoms with van der Waals surface area (Å²) in [5.74, 6) is 0. The van der Waals surface area contributed by atoms with Crippen molar-refractivity contribution in [1.29, 1.82) is 0 Å². The molecule has 0 aliphatic heterocycles. The molecule has 1 nitrogen and oxygen atoms in total. The molecule has 0 aliphatic rings. The number of hydrogen-bond donors (Lipinski definition) is 0. The summed E-state index contributed by atoms with van der Waals surface area (Å²) < 4.78 is 0. The van der Waals surface area contributed by atoms with Crippen LogP contribution < -0.4 is 0 Å². The Morgan fingerprint density at radius 3 is 0.740 bits per heavy atom. The largest absolute Gasteiger partial charge is 0.265 e. The maximum Gasteiger partial charge on any atom is 0.0267 e. The van der Waals surface area contributed by atoms with Crippen LogP contribution in [0.15, 0.2) is 460 Å². The zero-order valence-electron chi connectivity index (χ0n) is 57.5. The molecule has 0 spiro atoms. The van der Waals surface area contributed by atoms with Crippen molar-refractivity contribution in [1.82, 2.24) is 4.98 Å². The molecule has 0 bridgehead atoms. The molecule has 2 aromatic heterocycles. The molecule has 0 amide bonds. The van der Waals surface area contributed by atoms with Crippen molar-refractivity contribution in [3.63, 3.8) is 0 Å². The number of nitrogens with zero attached hydrogens (tertiary/aromatic N) is 1. The lowest BCUT2D eigenvalue weighted by Crippen LogP contribution is -1.87. The van der Waals surface area contributed by atoms with Gasteiger partial charge in [0.1, 0.15) is 0 Å². The zero-order chi connectivity index (χ0) is 69.6. The Morgan fingerprint density at radius 1 is 0.230 bits per heavy atom. The number of rotatable bonds is 7. The highest BCUT2D eigenvalue weighted by Gasteiger charge is 2.04. The Bertz CT molecular complexity index is 4320. The summed E-state index contributed by atoms with van der Waals surface area (Å²) in [6, 6.07) is 143. The zero-order valence-corrected chi connectivity index (χ0v) is 58.4. The van der Waals surface area contributed by atoms with Crippen LogP contribution in [0, 0.1) is 0 Å². The molecule has 0 radical (unpaired) electrons. The number of hydrogen-bond acceptors (Lipinski definition) is 2. The number of aromatic nitrogens is 1. The van der Waals surface area contributed by atoms with Crippen LogP contribution in [0.4, 0.5) is 0 Å². The number of allylic oxidation sites excluding steroid dienone is 3. The third kappa shape index (κ3) is 30.6. The molecule has 16 aromatic rings. The first-order valence-corrected chi connectivity index (χ1v) is 34.7. The fraction of sp³-hybridized carbons (Fsp3) is 0.0306. The van der Waals surface area contributed by atoms with Crippen molar-refractivity contribution in [2.45, 2.75) is 20.8 Å². The molecular formula is C98H89NS. The first-order valence-electron chi connectivity index (χ1n) is 33.7. The summed E-state index contributed by atoms with van der Waals surface area (Å²) >= 11 is 1.71. The first kappa shape index (κ1) is 75.1. The fourth-order valence-electron chi connectivity index (χ4n) is 9.56. The third-order valence-corrected chi connectivity index (χ3v) is 15.3. The van der Waals surface area contributed by atoms with Crippen LogP contribution in [0.3, 0.4) is 0 Å². The summed E-state index contributed by atoms with van der Waals surface area (Å²) in [4.78, 5) is 3.78. The van der Waals surface area contributed by atoms with Gasteiger partial charge in [-0.25, -0.2) is 0 Å². The van der Waals surface area contributed by atoms with Crippen LogP contribution in [0.1, 0.15) is 54.2 Å². The molecule has 0 aliphatic carbocycles. The molecule has 0 atom stereocenters. The van der Waals surface area contributed by atoms with Gasteiger partial charge < -0.3 is 0 Å². The Labute approximate surface area is 599 Å². The van der Waals surface area contributed by atoms with Gasteiger partial charge in [-0.1, -0.05) is 431 Å². The Morgan fingerprint density at radius 2 is 0.480 bits per heavy atom. The van der Waals surface area contributed by atoms with Crippen molar-refractivity contribution >= 4 is 73.5 Å². The van der Waals surface area contributed by atoms with E-state index in [0.29, 0.717) is 0 Å². The maximum atomic E-state index is 3.78. The summed E-state index contributed by atoms with van der Waals surface area (Å²) in [6.45, 7) is 6.02. The van der Waals surface area contributed by atoms with Gasteiger partial charge in [0.05, 0.1) is 0 Å². The van der Waals surface area contributed by atoms with E-state index in [1.807, 2.05) is 189 Å². The standard InChI is InChI=1S/C20H16.C14H10.C14H12.C12H10.C10H8.C9H10.C6H6.C5H5N.C4H4S.C4H8/c1-4-10-17(11-5-1)16-20(18-12-6-2-7-13-18)19-14-8-3-9-15-19;1-2-6-12-10-14-8-4-3-7-13(14)9-11(12)5-1;1-3-7-13(8-4-1)11-12-14-9-5-2-6-10-14;1-3-7-11(8-4-1)12-9-5-2-6-10-12;1-2-6-10-8-4-3-7-9(10)5-1;1-2-6-9-7-4-3-5-8-9;2*1-2-4-6-5-3-1;1-2-4-5-3-1;1-3-4-2/h1-16H;1-10H;1-12H;1-10H;1-8H;2-8H,1H3;1-6H;1-5H;1-4H;3-4H,1-2H3/b;;12-11+;;;6-2+;;;;4-3+. The normalized spacial score (nSPS) is 9.83. The molecular weight excluding hydrogens is 1220 g/mol. The van der Waals surface area contributed by atoms with Crippen molar-refractivity contribution < 1.29 is 0 Å². The van der Waals surface area contributed by atoms with Crippen LogP contribution in [0.25, 0.3) is 73.3 Å². The number of benzene rings is 14. The summed E-state index contributed by atoms with van der Waals surface area (Å²) in [7, 11) is 0. The molecule has 2 heterocycles. The molecule has 0 fully saturated rings. The van der Waals surface area contributed by atoms with Gasteiger partial charge in [-0.05, 0) is 144 Å². The van der Waals surface area contributed by atoms with Gasteiger partial charge in [-0.3, -0.25) is 4.98 Å². The molecule has 0 saturated heterocycles. The van der Waals surface area contributed by atoms with Crippen LogP contribution in [-0.2, 0) is 0 Å². The van der Waals surface area contributed by atoms with Gasteiger partial charge in [0.25, 0.3) is 0 Å². The minimum atomic E-state index is 1.22. The van der Waals surface area contributed by atoms with E-state index in [2.05, 4.69) is 308 Å². The predicted octanol–water partition coefficient (Wildman–Crippen LogP) is 28.1. The van der Waals surface area contributed by atoms with E-state index < -0.39 is 0 Å². The van der Waals surface area contributed by atoms with Crippen LogP contribution in [-0.4, -0.2) is 4.98 Å². The van der Waals surface area contributed by atoms with Crippen molar-refractivity contribution in [2.24, 2.45) is 0 Å². The Balaban J connectivity index is 0.000000161. The summed E-state index contributed by atoms with van der Waals surface area (Å²) in [5, 5.41) is 11.9. The minimum absolute atomic E-state index is 1.22. The second kappa shape index (κ2) is 48.4. The lowest BCUT2D eigenvalue weighted by atomic mass is 9.96. The maximum absolute atomic E-state index is 3.78. The highest BCUT2D eigenvalue weighted by molar-refractivity contribution is 7.07. The highest BCUT2D eigenvalue weighted by atomic mass is 32.1. The topological polar surface area (TPSA) is 12.9 Å². The predicted molar refractivity (Wildman–Crippen MR) is 442 cm³/mol. The molecule has 0 unspecified atom stereocenters. The smallest absolute Gasteiger partial charge is 0.0267 e. The quantitative estimate of drug-likeness (QED) is 0.0880. The average Bonchev–Trinajstić information content (AvgIpc) is 0.858. The molecule has 14 aromatic carbocycles. The first-order chi connectivity index (χ1) is 49.6. The van der Waals surface area contributed by atoms with Gasteiger partial charge in [-0.2, -0.15) is 11.3 Å². The van der Waals surface area contributed by atoms with Gasteiger partial charge in [0.2, 0.25) is 0 Å². The van der Waals surface area contributed by atoms with Crippen LogP contribution in [0.5, 0.6) is 0 Å². The van der Waals surface area contributed by atoms with Gasteiger partial charge in [-0.15, -0.1) is 0 Å². The van der Waals surface area contributed by atoms with E-state index in [0.717, 1.165) is 0 Å². The molecule has 492 valence electrons. The van der Waals surface area contributed by atoms with Crippen LogP contribution >= 0.6 is 11.3 Å². The number of pyridine rings is 1. The van der Waals surface area contributed by atoms with Crippen LogP contribution in [0.2, 0.25) is 0 Å². The summed E-state index contributed by atoms with van der Waals surface area (Å²) in [5.41, 5.74) is 11.2. The Kier molecular flexibility index (Phi) is 36.3. The van der Waals surface area contributed by atoms with E-state index >= 15 is 0 Å². The fourth-order valence-corrected chi connectivity index (χ4v) is 10.0. The van der Waals surface area contributed by atoms with Crippen molar-refractivity contribution in [2.75, 3.05) is 0 Å². The molecule has 2 heteroatoms. The summed E-state index contributed by atoms with van der Waals surface area (Å²) in [6.07, 6.45) is 18.1. The second-order valence-electron chi connectivity index (χ2n) is 22.0. The molecule has 0 saturated carbocycles. The van der Waals surface area contributed by atoms with E-state index in [-0.39, 0.29) is 0 Å². The van der Waals surface area contributed by atoms with Gasteiger partial charge >= 0.3 is 0 Å². The Hall–Kier alpha value is -12.3. The third-order valence-electron chi connectivity index (χ3n) is 14.7. The van der Waals surface area contributed by atoms with Gasteiger partial charge in [0.15, 0.2) is 0 Å². The van der Waals surface area contributed by atoms with E-state index in [4.69, 9.17) is 0 Å². The second-order valence-corrected chi connectivity index (χ2v) is 22.8. The number of thiophene rings is 1. The molecule has 0 N–H and O–H groups in total. The SMILES string of the molecule is C(=C(c1ccccc1)c1ccccc1)c1ccccc1.C(=C\c1ccccc1)/c1ccccc1.C/C=C/C.C/C=C/c1ccccc1.c1ccc(-c2ccccc2)cc1.c1ccc2cc3ccccc3cc2c1.c1ccc2ccccc2c1.c1ccccc1.c1ccncc1.c1ccsc1. The monoisotopic (exact) mass is 1310 g/mol. The van der Waals surface area contributed by atoms with E-state index in [1.165, 1.54) is 82.4 Å². The van der Waals surface area contributed by atoms with Crippen molar-refractivity contribution in [3.8, 4) is 11.1 Å². The lowest BCUT2D eigenvalue weighted by Gasteiger charge is -2.08. The lowest BCUT2D eigenvalue weighted by molar-refractivity contribution is 1.33. The van der Waals surface area contributed by atoms with Crippen molar-refractivity contribution in [3.05, 3.63) is 493 Å². The van der Waals surface area contributed by atoms with E-state index in [9.17, 15) is 0 Å². The van der Waals surface area contributed by atoms with E-state index in [1.54, 1.807) is 23.7 Å².